The van der Waals surface area contributed by atoms with Crippen molar-refractivity contribution in [2.75, 3.05) is 0 Å². The van der Waals surface area contributed by atoms with Crippen molar-refractivity contribution in [2.45, 2.75) is 65.3 Å². The lowest BCUT2D eigenvalue weighted by molar-refractivity contribution is 0.242. The largest absolute Gasteiger partial charge is 0.327 e. The Morgan fingerprint density at radius 2 is 1.64 bits per heavy atom. The third kappa shape index (κ3) is 4.00. The van der Waals surface area contributed by atoms with Gasteiger partial charge in [-0.25, -0.2) is 0 Å². The fourth-order valence-corrected chi connectivity index (χ4v) is 2.48. The highest BCUT2D eigenvalue weighted by Gasteiger charge is 2.23. The maximum absolute atomic E-state index is 6.24. The zero-order valence-corrected chi connectivity index (χ0v) is 10.1. The highest BCUT2D eigenvalue weighted by atomic mass is 14.6. The van der Waals surface area contributed by atoms with E-state index in [-0.39, 0.29) is 0 Å². The van der Waals surface area contributed by atoms with Gasteiger partial charge >= 0.3 is 0 Å². The normalized spacial score (nSPS) is 30.6. The summed E-state index contributed by atoms with van der Waals surface area (Å²) in [4.78, 5) is 0. The summed E-state index contributed by atoms with van der Waals surface area (Å²) in [6, 6.07) is 0.477. The minimum absolute atomic E-state index is 0.477. The lowest BCUT2D eigenvalue weighted by Crippen LogP contribution is -2.33. The van der Waals surface area contributed by atoms with Crippen molar-refractivity contribution >= 4 is 0 Å². The van der Waals surface area contributed by atoms with Crippen molar-refractivity contribution in [1.29, 1.82) is 0 Å². The smallest absolute Gasteiger partial charge is 0.00672 e. The molecule has 0 saturated heterocycles. The molecule has 0 amide bonds. The van der Waals surface area contributed by atoms with Gasteiger partial charge in [0.05, 0.1) is 0 Å². The zero-order chi connectivity index (χ0) is 10.6. The van der Waals surface area contributed by atoms with E-state index < -0.39 is 0 Å². The summed E-state index contributed by atoms with van der Waals surface area (Å²) in [5.74, 6) is 2.58. The minimum atomic E-state index is 0.477. The van der Waals surface area contributed by atoms with Gasteiger partial charge in [-0.15, -0.1) is 0 Å². The fourth-order valence-electron chi connectivity index (χ4n) is 2.48. The molecule has 1 atom stereocenters. The van der Waals surface area contributed by atoms with Gasteiger partial charge in [-0.3, -0.25) is 0 Å². The molecule has 1 unspecified atom stereocenters. The van der Waals surface area contributed by atoms with Gasteiger partial charge in [-0.2, -0.15) is 0 Å². The maximum Gasteiger partial charge on any atom is 0.00672 e. The quantitative estimate of drug-likeness (QED) is 0.732. The van der Waals surface area contributed by atoms with Gasteiger partial charge in [0.2, 0.25) is 0 Å². The number of nitrogens with two attached hydrogens (primary N) is 1. The van der Waals surface area contributed by atoms with Crippen molar-refractivity contribution in [3.8, 4) is 0 Å². The third-order valence-electron chi connectivity index (χ3n) is 3.74. The van der Waals surface area contributed by atoms with Crippen LogP contribution in [0.5, 0.6) is 0 Å². The van der Waals surface area contributed by atoms with Gasteiger partial charge in [0, 0.05) is 6.04 Å². The second kappa shape index (κ2) is 5.75. The van der Waals surface area contributed by atoms with Gasteiger partial charge in [-0.1, -0.05) is 33.6 Å². The molecule has 0 bridgehead atoms. The van der Waals surface area contributed by atoms with Gasteiger partial charge < -0.3 is 5.73 Å². The van der Waals surface area contributed by atoms with Crippen molar-refractivity contribution in [2.24, 2.45) is 23.5 Å². The molecule has 0 aromatic rings. The molecule has 0 aliphatic heterocycles. The molecule has 14 heavy (non-hydrogen) atoms. The van der Waals surface area contributed by atoms with E-state index in [9.17, 15) is 0 Å². The van der Waals surface area contributed by atoms with E-state index in [4.69, 9.17) is 5.73 Å². The van der Waals surface area contributed by atoms with Crippen LogP contribution in [0.25, 0.3) is 0 Å². The molecule has 2 N–H and O–H groups in total. The molecule has 0 radical (unpaired) electrons. The molecule has 1 aliphatic rings. The van der Waals surface area contributed by atoms with Gasteiger partial charge in [0.1, 0.15) is 0 Å². The fraction of sp³-hybridized carbons (Fsp3) is 1.00. The molecule has 1 heteroatoms. The average molecular weight is 197 g/mol. The second-order valence-electron chi connectivity index (χ2n) is 5.66. The van der Waals surface area contributed by atoms with Crippen LogP contribution >= 0.6 is 0 Å². The Bertz CT molecular complexity index is 145. The summed E-state index contributed by atoms with van der Waals surface area (Å²) < 4.78 is 0. The molecular formula is C13H27N. The SMILES string of the molecule is CC(C)CCC(N)C1CCC(C)CC1. The Hall–Kier alpha value is -0.0400. The molecule has 0 aromatic heterocycles. The lowest BCUT2D eigenvalue weighted by Gasteiger charge is -2.30. The Balaban J connectivity index is 2.20. The van der Waals surface area contributed by atoms with E-state index in [1.807, 2.05) is 0 Å². The summed E-state index contributed by atoms with van der Waals surface area (Å²) in [6.07, 6.45) is 8.09. The molecule has 1 aliphatic carbocycles. The topological polar surface area (TPSA) is 26.0 Å². The summed E-state index contributed by atoms with van der Waals surface area (Å²) in [5.41, 5.74) is 6.24. The summed E-state index contributed by atoms with van der Waals surface area (Å²) in [5, 5.41) is 0. The Kier molecular flexibility index (Phi) is 4.94. The number of rotatable bonds is 4. The van der Waals surface area contributed by atoms with Crippen LogP contribution in [0.4, 0.5) is 0 Å². The predicted molar refractivity (Wildman–Crippen MR) is 63.2 cm³/mol. The molecule has 1 nitrogen and oxygen atoms in total. The van der Waals surface area contributed by atoms with Gasteiger partial charge in [0.25, 0.3) is 0 Å². The standard InChI is InChI=1S/C13H27N/c1-10(2)4-9-13(14)12-7-5-11(3)6-8-12/h10-13H,4-9,14H2,1-3H3. The zero-order valence-electron chi connectivity index (χ0n) is 10.1. The third-order valence-corrected chi connectivity index (χ3v) is 3.74. The summed E-state index contributed by atoms with van der Waals surface area (Å²) in [7, 11) is 0. The van der Waals surface area contributed by atoms with E-state index in [1.54, 1.807) is 0 Å². The van der Waals surface area contributed by atoms with Crippen LogP contribution in [0.2, 0.25) is 0 Å². The van der Waals surface area contributed by atoms with Crippen LogP contribution in [0.1, 0.15) is 59.3 Å². The van der Waals surface area contributed by atoms with E-state index in [0.717, 1.165) is 17.8 Å². The molecule has 0 aromatic carbocycles. The van der Waals surface area contributed by atoms with E-state index in [1.165, 1.54) is 38.5 Å². The van der Waals surface area contributed by atoms with E-state index in [0.29, 0.717) is 6.04 Å². The summed E-state index contributed by atoms with van der Waals surface area (Å²) in [6.45, 7) is 6.95. The molecular weight excluding hydrogens is 170 g/mol. The van der Waals surface area contributed by atoms with Crippen LogP contribution in [-0.4, -0.2) is 6.04 Å². The molecule has 84 valence electrons. The Morgan fingerprint density at radius 1 is 1.07 bits per heavy atom. The maximum atomic E-state index is 6.24. The highest BCUT2D eigenvalue weighted by molar-refractivity contribution is 4.78. The van der Waals surface area contributed by atoms with Crippen molar-refractivity contribution in [3.05, 3.63) is 0 Å². The Labute approximate surface area is 89.5 Å². The molecule has 0 spiro atoms. The number of hydrogen-bond donors (Lipinski definition) is 1. The lowest BCUT2D eigenvalue weighted by atomic mass is 9.78. The van der Waals surface area contributed by atoms with E-state index >= 15 is 0 Å². The van der Waals surface area contributed by atoms with E-state index in [2.05, 4.69) is 20.8 Å². The first-order valence-electron chi connectivity index (χ1n) is 6.35. The molecule has 1 fully saturated rings. The first-order valence-corrected chi connectivity index (χ1v) is 6.35. The highest BCUT2D eigenvalue weighted by Crippen LogP contribution is 2.31. The molecule has 1 saturated carbocycles. The summed E-state index contributed by atoms with van der Waals surface area (Å²) >= 11 is 0. The van der Waals surface area contributed by atoms with Crippen molar-refractivity contribution < 1.29 is 0 Å². The minimum Gasteiger partial charge on any atom is -0.327 e. The second-order valence-corrected chi connectivity index (χ2v) is 5.66. The van der Waals surface area contributed by atoms with Crippen LogP contribution in [0.15, 0.2) is 0 Å². The molecule has 0 heterocycles. The van der Waals surface area contributed by atoms with Crippen LogP contribution in [0, 0.1) is 17.8 Å². The van der Waals surface area contributed by atoms with Crippen molar-refractivity contribution in [1.82, 2.24) is 0 Å². The van der Waals surface area contributed by atoms with Crippen LogP contribution in [0.3, 0.4) is 0 Å². The average Bonchev–Trinajstić information content (AvgIpc) is 2.15. The predicted octanol–water partition coefficient (Wildman–Crippen LogP) is 3.58. The van der Waals surface area contributed by atoms with Crippen LogP contribution < -0.4 is 5.73 Å². The molecule has 1 rings (SSSR count). The number of hydrogen-bond acceptors (Lipinski definition) is 1. The van der Waals surface area contributed by atoms with Crippen molar-refractivity contribution in [3.63, 3.8) is 0 Å². The first-order chi connectivity index (χ1) is 6.59. The monoisotopic (exact) mass is 197 g/mol. The van der Waals surface area contributed by atoms with Gasteiger partial charge in [-0.05, 0) is 43.4 Å². The Morgan fingerprint density at radius 3 is 2.14 bits per heavy atom. The first kappa shape index (κ1) is 12.0. The van der Waals surface area contributed by atoms with Crippen LogP contribution in [-0.2, 0) is 0 Å². The van der Waals surface area contributed by atoms with Gasteiger partial charge in [0.15, 0.2) is 0 Å².